The Morgan fingerprint density at radius 1 is 1.09 bits per heavy atom. The number of hydrogen-bond donors (Lipinski definition) is 2. The lowest BCUT2D eigenvalue weighted by molar-refractivity contribution is -0.112. The third kappa shape index (κ3) is 4.29. The summed E-state index contributed by atoms with van der Waals surface area (Å²) in [7, 11) is 0. The van der Waals surface area contributed by atoms with E-state index in [1.54, 1.807) is 0 Å². The second kappa shape index (κ2) is 4.64. The fourth-order valence-corrected chi connectivity index (χ4v) is 0.751. The van der Waals surface area contributed by atoms with E-state index in [0.29, 0.717) is 12.8 Å². The highest BCUT2D eigenvalue weighted by molar-refractivity contribution is 6.68. The topological polar surface area (TPSA) is 58.2 Å². The Kier molecular flexibility index (Phi) is 4.56. The second-order valence-corrected chi connectivity index (χ2v) is 3.91. The molecule has 0 saturated heterocycles. The molecule has 0 aromatic rings. The molecule has 0 aliphatic rings. The van der Waals surface area contributed by atoms with Gasteiger partial charge in [0.15, 0.2) is 0 Å². The Hall–Kier alpha value is -0.190. The molecular weight excluding hydrogens is 214 g/mol. The molecule has 0 fully saturated rings. The van der Waals surface area contributed by atoms with E-state index in [1.165, 1.54) is 0 Å². The molecule has 0 heterocycles. The van der Waals surface area contributed by atoms with Crippen molar-refractivity contribution >= 4 is 47.6 Å². The third-order valence-electron chi connectivity index (χ3n) is 0.797. The van der Waals surface area contributed by atoms with E-state index in [9.17, 15) is 9.59 Å². The minimum Gasteiger partial charge on any atom is -0.335 e. The van der Waals surface area contributed by atoms with Gasteiger partial charge in [-0.1, -0.05) is 34.8 Å². The van der Waals surface area contributed by atoms with Gasteiger partial charge < -0.3 is 10.6 Å². The molecule has 0 aromatic heterocycles. The summed E-state index contributed by atoms with van der Waals surface area (Å²) in [5.74, 6) is 0. The summed E-state index contributed by atoms with van der Waals surface area (Å²) in [6.07, 6.45) is -0.367. The molecule has 0 bridgehead atoms. The van der Waals surface area contributed by atoms with Gasteiger partial charge in [0, 0.05) is 0 Å². The smallest absolute Gasteiger partial charge is 0.228 e. The van der Waals surface area contributed by atoms with Gasteiger partial charge in [0.05, 0.1) is 0 Å². The number of amides is 2. The molecule has 0 atom stereocenters. The Morgan fingerprint density at radius 3 is 1.64 bits per heavy atom. The molecule has 0 spiro atoms. The highest BCUT2D eigenvalue weighted by Gasteiger charge is 2.31. The first-order valence-electron chi connectivity index (χ1n) is 2.48. The second-order valence-electron chi connectivity index (χ2n) is 1.54. The zero-order chi connectivity index (χ0) is 8.91. The van der Waals surface area contributed by atoms with Crippen LogP contribution in [0, 0.1) is 0 Å². The number of halogens is 3. The van der Waals surface area contributed by atoms with Crippen LogP contribution in [-0.4, -0.2) is 22.8 Å². The van der Waals surface area contributed by atoms with Crippen molar-refractivity contribution in [2.75, 3.05) is 0 Å². The van der Waals surface area contributed by atoms with Crippen LogP contribution in [0.15, 0.2) is 0 Å². The predicted octanol–water partition coefficient (Wildman–Crippen LogP) is 0.175. The van der Waals surface area contributed by atoms with E-state index < -0.39 is 9.96 Å². The lowest BCUT2D eigenvalue weighted by Crippen LogP contribution is -2.50. The first-order chi connectivity index (χ1) is 5.02. The van der Waals surface area contributed by atoms with Crippen LogP contribution >= 0.6 is 34.8 Å². The Bertz CT molecular complexity index is 137. The average Bonchev–Trinajstić information content (AvgIpc) is 1.85. The SMILES string of the molecule is O=CNC(NC=O)C(Cl)(Cl)Cl. The molecule has 64 valence electrons. The van der Waals surface area contributed by atoms with E-state index in [-0.39, 0.29) is 0 Å². The lowest BCUT2D eigenvalue weighted by atomic mass is 10.5. The first kappa shape index (κ1) is 10.8. The average molecular weight is 219 g/mol. The number of carbonyl (C=O) groups is 2. The molecule has 0 aromatic carbocycles. The summed E-state index contributed by atoms with van der Waals surface area (Å²) >= 11 is 16.0. The van der Waals surface area contributed by atoms with Crippen molar-refractivity contribution in [2.45, 2.75) is 9.96 Å². The largest absolute Gasteiger partial charge is 0.335 e. The molecule has 0 aliphatic heterocycles. The van der Waals surface area contributed by atoms with E-state index in [1.807, 2.05) is 0 Å². The predicted molar refractivity (Wildman–Crippen MR) is 42.5 cm³/mol. The zero-order valence-corrected chi connectivity index (χ0v) is 7.45. The Labute approximate surface area is 78.2 Å². The molecule has 2 amide bonds. The number of alkyl halides is 3. The molecular formula is C4H5Cl3N2O2. The van der Waals surface area contributed by atoms with Gasteiger partial charge in [0.25, 0.3) is 0 Å². The van der Waals surface area contributed by atoms with Gasteiger partial charge in [0.2, 0.25) is 16.6 Å². The van der Waals surface area contributed by atoms with E-state index >= 15 is 0 Å². The standard InChI is InChI=1S/C4H5Cl3N2O2/c5-4(6,7)3(8-1-10)9-2-11/h1-3H,(H,8,10)(H,9,11). The summed E-state index contributed by atoms with van der Waals surface area (Å²) in [4.78, 5) is 19.8. The van der Waals surface area contributed by atoms with Gasteiger partial charge in [-0.3, -0.25) is 9.59 Å². The van der Waals surface area contributed by atoms with E-state index in [2.05, 4.69) is 10.6 Å². The van der Waals surface area contributed by atoms with E-state index in [4.69, 9.17) is 34.8 Å². The van der Waals surface area contributed by atoms with Crippen LogP contribution in [0.4, 0.5) is 0 Å². The van der Waals surface area contributed by atoms with Gasteiger partial charge in [-0.2, -0.15) is 0 Å². The molecule has 4 nitrogen and oxygen atoms in total. The van der Waals surface area contributed by atoms with Crippen molar-refractivity contribution in [1.29, 1.82) is 0 Å². The molecule has 0 radical (unpaired) electrons. The van der Waals surface area contributed by atoms with Crippen molar-refractivity contribution in [1.82, 2.24) is 10.6 Å². The van der Waals surface area contributed by atoms with Crippen LogP contribution in [0.1, 0.15) is 0 Å². The van der Waals surface area contributed by atoms with Crippen molar-refractivity contribution < 1.29 is 9.59 Å². The van der Waals surface area contributed by atoms with Gasteiger partial charge in [-0.05, 0) is 0 Å². The van der Waals surface area contributed by atoms with Gasteiger partial charge in [-0.25, -0.2) is 0 Å². The summed E-state index contributed by atoms with van der Waals surface area (Å²) in [6, 6.07) is 0. The fourth-order valence-electron chi connectivity index (χ4n) is 0.373. The third-order valence-corrected chi connectivity index (χ3v) is 1.45. The van der Waals surface area contributed by atoms with Crippen LogP contribution in [-0.2, 0) is 9.59 Å². The summed E-state index contributed by atoms with van der Waals surface area (Å²) in [6.45, 7) is 0. The maximum absolute atomic E-state index is 9.89. The van der Waals surface area contributed by atoms with Crippen molar-refractivity contribution in [3.8, 4) is 0 Å². The Morgan fingerprint density at radius 2 is 1.45 bits per heavy atom. The number of carbonyl (C=O) groups excluding carboxylic acids is 2. The molecule has 0 rings (SSSR count). The molecule has 11 heavy (non-hydrogen) atoms. The number of nitrogens with one attached hydrogen (secondary N) is 2. The van der Waals surface area contributed by atoms with Gasteiger partial charge in [-0.15, -0.1) is 0 Å². The fraction of sp³-hybridized carbons (Fsp3) is 0.500. The number of rotatable bonds is 4. The minimum atomic E-state index is -1.75. The van der Waals surface area contributed by atoms with Crippen LogP contribution in [0.3, 0.4) is 0 Å². The monoisotopic (exact) mass is 218 g/mol. The normalized spacial score (nSPS) is 10.9. The lowest BCUT2D eigenvalue weighted by Gasteiger charge is -2.22. The number of hydrogen-bond acceptors (Lipinski definition) is 2. The summed E-state index contributed by atoms with van der Waals surface area (Å²) in [5.41, 5.74) is 0. The quantitative estimate of drug-likeness (QED) is 0.402. The maximum atomic E-state index is 9.89. The first-order valence-corrected chi connectivity index (χ1v) is 3.62. The van der Waals surface area contributed by atoms with Crippen LogP contribution in [0.5, 0.6) is 0 Å². The van der Waals surface area contributed by atoms with Crippen molar-refractivity contribution in [3.05, 3.63) is 0 Å². The van der Waals surface area contributed by atoms with Crippen molar-refractivity contribution in [2.24, 2.45) is 0 Å². The van der Waals surface area contributed by atoms with Crippen LogP contribution in [0.2, 0.25) is 0 Å². The van der Waals surface area contributed by atoms with Crippen LogP contribution in [0.25, 0.3) is 0 Å². The van der Waals surface area contributed by atoms with Gasteiger partial charge in [0.1, 0.15) is 6.17 Å². The molecule has 0 unspecified atom stereocenters. The van der Waals surface area contributed by atoms with Crippen LogP contribution < -0.4 is 10.6 Å². The highest BCUT2D eigenvalue weighted by Crippen LogP contribution is 2.28. The van der Waals surface area contributed by atoms with Gasteiger partial charge >= 0.3 is 0 Å². The summed E-state index contributed by atoms with van der Waals surface area (Å²) < 4.78 is -1.75. The highest BCUT2D eigenvalue weighted by atomic mass is 35.6. The molecule has 7 heteroatoms. The summed E-state index contributed by atoms with van der Waals surface area (Å²) in [5, 5.41) is 4.21. The minimum absolute atomic E-state index is 0.322. The zero-order valence-electron chi connectivity index (χ0n) is 5.18. The van der Waals surface area contributed by atoms with Crippen molar-refractivity contribution in [3.63, 3.8) is 0 Å². The Balaban J connectivity index is 4.08. The molecule has 2 N–H and O–H groups in total. The van der Waals surface area contributed by atoms with E-state index in [0.717, 1.165) is 0 Å². The maximum Gasteiger partial charge on any atom is 0.228 e. The molecule has 0 aliphatic carbocycles. The molecule has 0 saturated carbocycles.